The van der Waals surface area contributed by atoms with Crippen LogP contribution in [0, 0.1) is 17.5 Å². The molecule has 12 aromatic carbocycles. The largest absolute Gasteiger partial charge is 0.206 e. The molecule has 0 nitrogen and oxygen atoms in total. The lowest BCUT2D eigenvalue weighted by Crippen LogP contribution is -1.89. The van der Waals surface area contributed by atoms with Crippen LogP contribution in [0.4, 0.5) is 13.2 Å². The van der Waals surface area contributed by atoms with E-state index in [2.05, 4.69) is 105 Å². The smallest absolute Gasteiger partial charge is 0.138 e. The lowest BCUT2D eigenvalue weighted by Gasteiger charge is -2.10. The Morgan fingerprint density at radius 2 is 0.562 bits per heavy atom. The number of rotatable bonds is 20. The molecule has 0 bridgehead atoms. The second-order valence-electron chi connectivity index (χ2n) is 23.0. The summed E-state index contributed by atoms with van der Waals surface area (Å²) in [6.45, 7) is 8.26. The molecule has 12 aromatic rings. The number of hydrogen-bond acceptors (Lipinski definition) is 0. The van der Waals surface area contributed by atoms with Crippen molar-refractivity contribution in [3.8, 4) is 66.8 Å². The molecule has 0 saturated carbocycles. The van der Waals surface area contributed by atoms with Crippen LogP contribution in [-0.2, 0) is 19.3 Å². The van der Waals surface area contributed by atoms with Crippen LogP contribution in [0.2, 0.25) is 15.1 Å². The van der Waals surface area contributed by atoms with Crippen molar-refractivity contribution in [1.29, 1.82) is 0 Å². The first-order valence-corrected chi connectivity index (χ1v) is 32.4. The molecule has 0 aliphatic carbocycles. The van der Waals surface area contributed by atoms with Gasteiger partial charge in [-0.1, -0.05) is 282 Å². The van der Waals surface area contributed by atoms with E-state index in [1.54, 1.807) is 36.4 Å². The van der Waals surface area contributed by atoms with Gasteiger partial charge in [0.05, 0.1) is 0 Å². The van der Waals surface area contributed by atoms with Crippen LogP contribution in [0.3, 0.4) is 0 Å². The third-order valence-corrected chi connectivity index (χ3v) is 17.5. The van der Waals surface area contributed by atoms with Crippen LogP contribution in [0.25, 0.3) is 99.1 Å². The highest BCUT2D eigenvalue weighted by molar-refractivity contribution is 6.31. The SMILES string of the molecule is C=CCCc1ccc(-c2ccc3c(F)c(-c4ccc(Cl)cc4)ccc3c2)cc1.CCCCCCCc1ccc(-c2ccc3c(F)c(-c4ccc(Cl)cc4)ccc3c2)cc1.CCCCCCc1ccc(-c2ccc3c(F)c(-c4ccc(Cl)cc4)ccc3c2)cc1. The van der Waals surface area contributed by atoms with Gasteiger partial charge in [-0.2, -0.15) is 0 Å². The first kappa shape index (κ1) is 63.8. The van der Waals surface area contributed by atoms with Crippen LogP contribution in [0.15, 0.2) is 249 Å². The molecule has 0 N–H and O–H groups in total. The van der Waals surface area contributed by atoms with E-state index in [0.29, 0.717) is 47.9 Å². The highest BCUT2D eigenvalue weighted by Gasteiger charge is 2.15. The maximum atomic E-state index is 15.2. The quantitative estimate of drug-likeness (QED) is 0.0527. The van der Waals surface area contributed by atoms with Gasteiger partial charge >= 0.3 is 0 Å². The molecular weight excluding hydrogens is 1160 g/mol. The monoisotopic (exact) mass is 1230 g/mol. The van der Waals surface area contributed by atoms with Gasteiger partial charge in [0.1, 0.15) is 17.5 Å². The van der Waals surface area contributed by atoms with Crippen LogP contribution in [-0.4, -0.2) is 0 Å². The van der Waals surface area contributed by atoms with Gasteiger partial charge in [-0.05, 0) is 176 Å². The van der Waals surface area contributed by atoms with Crippen molar-refractivity contribution in [2.45, 2.75) is 97.3 Å². The molecule has 0 saturated heterocycles. The lowest BCUT2D eigenvalue weighted by atomic mass is 9.96. The summed E-state index contributed by atoms with van der Waals surface area (Å²) in [4.78, 5) is 0. The Labute approximate surface area is 539 Å². The topological polar surface area (TPSA) is 0 Å². The van der Waals surface area contributed by atoms with Crippen molar-refractivity contribution in [2.75, 3.05) is 0 Å². The molecule has 0 atom stereocenters. The van der Waals surface area contributed by atoms with E-state index < -0.39 is 0 Å². The van der Waals surface area contributed by atoms with Gasteiger partial charge in [-0.25, -0.2) is 13.2 Å². The maximum absolute atomic E-state index is 15.2. The van der Waals surface area contributed by atoms with E-state index in [1.807, 2.05) is 121 Å². The molecule has 448 valence electrons. The second-order valence-corrected chi connectivity index (χ2v) is 24.3. The Hall–Kier alpha value is -8.18. The van der Waals surface area contributed by atoms with Crippen molar-refractivity contribution in [1.82, 2.24) is 0 Å². The summed E-state index contributed by atoms with van der Waals surface area (Å²) in [6.07, 6.45) is 17.8. The molecule has 0 fully saturated rings. The van der Waals surface area contributed by atoms with Gasteiger partial charge in [0.25, 0.3) is 0 Å². The molecule has 0 amide bonds. The predicted octanol–water partition coefficient (Wildman–Crippen LogP) is 26.7. The molecule has 89 heavy (non-hydrogen) atoms. The number of aryl methyl sites for hydroxylation is 3. The van der Waals surface area contributed by atoms with Gasteiger partial charge in [0.15, 0.2) is 0 Å². The molecule has 0 aromatic heterocycles. The highest BCUT2D eigenvalue weighted by atomic mass is 35.5. The first-order valence-electron chi connectivity index (χ1n) is 31.3. The third-order valence-electron chi connectivity index (χ3n) is 16.7. The standard InChI is InChI=1S/C29H28ClF.C28H26ClF.C26H20ClF/c1-2-3-4-5-6-7-21-8-10-22(11-9-21)24-14-18-28-25(20-24)15-19-27(29(28)31)23-12-16-26(30)17-13-23;1-2-3-4-5-6-20-7-9-21(10-8-20)23-13-17-27-24(19-23)14-18-26(28(27)30)22-11-15-25(29)16-12-22;1-2-3-4-18-5-7-19(8-6-18)21-11-15-25-22(17-21)12-16-24(26(25)28)20-9-13-23(27)14-10-20/h8-20H,2-7H2,1H3;7-19H,2-6H2,1H3;2,5-17H,1,3-4H2. The van der Waals surface area contributed by atoms with Gasteiger partial charge in [0.2, 0.25) is 0 Å². The van der Waals surface area contributed by atoms with Gasteiger partial charge in [-0.3, -0.25) is 0 Å². The summed E-state index contributed by atoms with van der Waals surface area (Å²) in [5.74, 6) is -0.584. The number of halogens is 6. The molecular formula is C83H74Cl3F3. The van der Waals surface area contributed by atoms with Crippen molar-refractivity contribution in [2.24, 2.45) is 0 Å². The molecule has 6 heteroatoms. The summed E-state index contributed by atoms with van der Waals surface area (Å²) >= 11 is 17.9. The van der Waals surface area contributed by atoms with Crippen molar-refractivity contribution in [3.05, 3.63) is 298 Å². The minimum absolute atomic E-state index is 0.190. The van der Waals surface area contributed by atoms with Gasteiger partial charge in [0, 0.05) is 47.9 Å². The Bertz CT molecular complexity index is 4290. The summed E-state index contributed by atoms with van der Waals surface area (Å²) in [5, 5.41) is 6.55. The normalized spacial score (nSPS) is 11.1. The number of benzene rings is 12. The fourth-order valence-corrected chi connectivity index (χ4v) is 11.9. The van der Waals surface area contributed by atoms with Crippen LogP contribution < -0.4 is 0 Å². The first-order chi connectivity index (χ1) is 43.5. The third kappa shape index (κ3) is 16.6. The Kier molecular flexibility index (Phi) is 22.5. The van der Waals surface area contributed by atoms with Crippen LogP contribution in [0.5, 0.6) is 0 Å². The van der Waals surface area contributed by atoms with E-state index >= 15 is 13.2 Å². The second kappa shape index (κ2) is 31.3. The summed E-state index contributed by atoms with van der Waals surface area (Å²) in [5.41, 5.74) is 15.1. The Morgan fingerprint density at radius 3 is 0.865 bits per heavy atom. The van der Waals surface area contributed by atoms with Crippen LogP contribution in [0.1, 0.15) is 94.7 Å². The average molecular weight is 1230 g/mol. The molecule has 0 aliphatic rings. The van der Waals surface area contributed by atoms with E-state index in [0.717, 1.165) is 86.3 Å². The molecule has 12 rings (SSSR count). The number of allylic oxidation sites excluding steroid dienone is 1. The summed E-state index contributed by atoms with van der Waals surface area (Å²) in [7, 11) is 0. The van der Waals surface area contributed by atoms with E-state index in [9.17, 15) is 0 Å². The van der Waals surface area contributed by atoms with Crippen molar-refractivity contribution < 1.29 is 13.2 Å². The van der Waals surface area contributed by atoms with Gasteiger partial charge in [-0.15, -0.1) is 6.58 Å². The number of hydrogen-bond donors (Lipinski definition) is 0. The summed E-state index contributed by atoms with van der Waals surface area (Å²) in [6, 6.07) is 77.3. The summed E-state index contributed by atoms with van der Waals surface area (Å²) < 4.78 is 45.5. The zero-order valence-electron chi connectivity index (χ0n) is 50.8. The lowest BCUT2D eigenvalue weighted by molar-refractivity contribution is 0.632. The zero-order chi connectivity index (χ0) is 62.1. The number of unbranched alkanes of at least 4 members (excludes halogenated alkanes) is 7. The van der Waals surface area contributed by atoms with Crippen molar-refractivity contribution in [3.63, 3.8) is 0 Å². The minimum atomic E-state index is -0.203. The number of fused-ring (bicyclic) bond motifs is 3. The Morgan fingerprint density at radius 1 is 0.292 bits per heavy atom. The minimum Gasteiger partial charge on any atom is -0.206 e. The molecule has 0 heterocycles. The molecule has 0 radical (unpaired) electrons. The fraction of sp³-hybridized carbons (Fsp3) is 0.181. The Balaban J connectivity index is 0.000000147. The predicted molar refractivity (Wildman–Crippen MR) is 378 cm³/mol. The van der Waals surface area contributed by atoms with E-state index in [4.69, 9.17) is 34.8 Å². The zero-order valence-corrected chi connectivity index (χ0v) is 53.0. The average Bonchev–Trinajstić information content (AvgIpc) is 1.37. The molecule has 0 unspecified atom stereocenters. The highest BCUT2D eigenvalue weighted by Crippen LogP contribution is 2.36. The molecule has 0 aliphatic heterocycles. The van der Waals surface area contributed by atoms with Crippen LogP contribution >= 0.6 is 34.8 Å². The van der Waals surface area contributed by atoms with Crippen molar-refractivity contribution >= 4 is 67.1 Å². The fourth-order valence-electron chi connectivity index (χ4n) is 11.5. The van der Waals surface area contributed by atoms with E-state index in [1.165, 1.54) is 80.0 Å². The van der Waals surface area contributed by atoms with E-state index in [-0.39, 0.29) is 17.5 Å². The maximum Gasteiger partial charge on any atom is 0.138 e. The molecule has 0 spiro atoms. The van der Waals surface area contributed by atoms with Gasteiger partial charge < -0.3 is 0 Å².